The molecular weight excluding hydrogens is 925 g/mol. The van der Waals surface area contributed by atoms with Gasteiger partial charge in [0.1, 0.15) is 13.2 Å². The van der Waals surface area contributed by atoms with Crippen molar-refractivity contribution in [1.82, 2.24) is 0 Å². The van der Waals surface area contributed by atoms with Gasteiger partial charge in [0, 0.05) is 19.3 Å². The molecule has 0 aliphatic carbocycles. The van der Waals surface area contributed by atoms with E-state index in [0.29, 0.717) is 19.3 Å². The summed E-state index contributed by atoms with van der Waals surface area (Å²) in [6, 6.07) is 0. The van der Waals surface area contributed by atoms with Gasteiger partial charge < -0.3 is 14.2 Å². The lowest BCUT2D eigenvalue weighted by Crippen LogP contribution is -2.30. The van der Waals surface area contributed by atoms with Crippen LogP contribution in [0.4, 0.5) is 0 Å². The van der Waals surface area contributed by atoms with Crippen molar-refractivity contribution in [2.24, 2.45) is 0 Å². The maximum absolute atomic E-state index is 12.9. The molecule has 0 aromatic rings. The molecule has 1 unspecified atom stereocenters. The maximum atomic E-state index is 12.9. The number of unbranched alkanes of at least 4 members (excludes halogenated alkanes) is 51. The Kier molecular flexibility index (Phi) is 63.1. The van der Waals surface area contributed by atoms with Crippen molar-refractivity contribution >= 4 is 17.9 Å². The first-order chi connectivity index (χ1) is 37.0. The summed E-state index contributed by atoms with van der Waals surface area (Å²) in [7, 11) is 0. The van der Waals surface area contributed by atoms with Crippen LogP contribution in [-0.4, -0.2) is 37.2 Å². The van der Waals surface area contributed by atoms with Gasteiger partial charge >= 0.3 is 17.9 Å². The van der Waals surface area contributed by atoms with E-state index in [0.717, 1.165) is 57.8 Å². The van der Waals surface area contributed by atoms with Crippen molar-refractivity contribution < 1.29 is 28.6 Å². The molecule has 0 fully saturated rings. The lowest BCUT2D eigenvalue weighted by atomic mass is 10.0. The Morgan fingerprint density at radius 2 is 0.440 bits per heavy atom. The van der Waals surface area contributed by atoms with Crippen molar-refractivity contribution in [1.29, 1.82) is 0 Å². The molecule has 0 aromatic heterocycles. The molecule has 6 heteroatoms. The molecule has 0 bridgehead atoms. The molecular formula is C69H132O6. The molecule has 0 heterocycles. The molecule has 6 nitrogen and oxygen atoms in total. The third-order valence-electron chi connectivity index (χ3n) is 15.8. The summed E-state index contributed by atoms with van der Waals surface area (Å²) < 4.78 is 17.0. The van der Waals surface area contributed by atoms with Gasteiger partial charge in [0.2, 0.25) is 0 Å². The first-order valence-corrected chi connectivity index (χ1v) is 34.2. The number of ether oxygens (including phenoxy) is 3. The van der Waals surface area contributed by atoms with Gasteiger partial charge in [0.15, 0.2) is 6.10 Å². The second kappa shape index (κ2) is 64.7. The van der Waals surface area contributed by atoms with E-state index >= 15 is 0 Å². The Labute approximate surface area is 469 Å². The summed E-state index contributed by atoms with van der Waals surface area (Å²) in [4.78, 5) is 38.3. The van der Waals surface area contributed by atoms with E-state index < -0.39 is 6.10 Å². The molecule has 0 saturated heterocycles. The summed E-state index contributed by atoms with van der Waals surface area (Å²) in [6.07, 6.45) is 76.7. The Morgan fingerprint density at radius 3 is 0.667 bits per heavy atom. The van der Waals surface area contributed by atoms with Crippen LogP contribution in [0.15, 0.2) is 12.2 Å². The van der Waals surface area contributed by atoms with Gasteiger partial charge in [-0.25, -0.2) is 0 Å². The van der Waals surface area contributed by atoms with Gasteiger partial charge in [-0.2, -0.15) is 0 Å². The van der Waals surface area contributed by atoms with Gasteiger partial charge in [0.05, 0.1) is 0 Å². The van der Waals surface area contributed by atoms with Crippen LogP contribution < -0.4 is 0 Å². The van der Waals surface area contributed by atoms with Gasteiger partial charge in [-0.05, 0) is 44.9 Å². The zero-order valence-electron chi connectivity index (χ0n) is 51.1. The molecule has 0 spiro atoms. The SMILES string of the molecule is CCCCCCCCCC/C=C\CCCCCCCCCCCCCCCC(=O)OCC(COC(=O)CCCCCCCCCCCCC)OC(=O)CCCCCCCCCCCCCCCCCCCCCCC. The number of esters is 3. The Balaban J connectivity index is 4.17. The van der Waals surface area contributed by atoms with E-state index in [-0.39, 0.29) is 31.1 Å². The Morgan fingerprint density at radius 1 is 0.253 bits per heavy atom. The molecule has 0 saturated carbocycles. The van der Waals surface area contributed by atoms with Gasteiger partial charge in [-0.1, -0.05) is 341 Å². The average molecular weight is 1060 g/mol. The smallest absolute Gasteiger partial charge is 0.306 e. The van der Waals surface area contributed by atoms with E-state index in [2.05, 4.69) is 32.9 Å². The number of carbonyl (C=O) groups excluding carboxylic acids is 3. The average Bonchev–Trinajstić information content (AvgIpc) is 3.41. The first kappa shape index (κ1) is 73.2. The number of allylic oxidation sites excluding steroid dienone is 2. The number of carbonyl (C=O) groups is 3. The van der Waals surface area contributed by atoms with Crippen molar-refractivity contribution in [3.8, 4) is 0 Å². The third-order valence-corrected chi connectivity index (χ3v) is 15.8. The zero-order chi connectivity index (χ0) is 54.3. The van der Waals surface area contributed by atoms with Gasteiger partial charge in [0.25, 0.3) is 0 Å². The van der Waals surface area contributed by atoms with Crippen molar-refractivity contribution in [2.75, 3.05) is 13.2 Å². The van der Waals surface area contributed by atoms with E-state index in [9.17, 15) is 14.4 Å². The molecule has 0 aromatic carbocycles. The van der Waals surface area contributed by atoms with E-state index in [1.807, 2.05) is 0 Å². The van der Waals surface area contributed by atoms with Crippen molar-refractivity contribution in [3.63, 3.8) is 0 Å². The van der Waals surface area contributed by atoms with Crippen molar-refractivity contribution in [3.05, 3.63) is 12.2 Å². The van der Waals surface area contributed by atoms with Crippen LogP contribution >= 0.6 is 0 Å². The first-order valence-electron chi connectivity index (χ1n) is 34.2. The van der Waals surface area contributed by atoms with Crippen molar-refractivity contribution in [2.45, 2.75) is 399 Å². The van der Waals surface area contributed by atoms with Crippen LogP contribution in [-0.2, 0) is 28.6 Å². The minimum Gasteiger partial charge on any atom is -0.462 e. The molecule has 0 N–H and O–H groups in total. The predicted octanol–water partition coefficient (Wildman–Crippen LogP) is 23.2. The molecule has 0 rings (SSSR count). The minimum absolute atomic E-state index is 0.0630. The summed E-state index contributed by atoms with van der Waals surface area (Å²) >= 11 is 0. The molecule has 75 heavy (non-hydrogen) atoms. The molecule has 0 radical (unpaired) electrons. The lowest BCUT2D eigenvalue weighted by molar-refractivity contribution is -0.167. The van der Waals surface area contributed by atoms with Crippen LogP contribution in [0.25, 0.3) is 0 Å². The fraction of sp³-hybridized carbons (Fsp3) is 0.928. The van der Waals surface area contributed by atoms with Crippen LogP contribution in [0.5, 0.6) is 0 Å². The second-order valence-electron chi connectivity index (χ2n) is 23.5. The number of rotatable bonds is 64. The quantitative estimate of drug-likeness (QED) is 0.0261. The largest absolute Gasteiger partial charge is 0.462 e. The van der Waals surface area contributed by atoms with Crippen LogP contribution in [0.2, 0.25) is 0 Å². The van der Waals surface area contributed by atoms with E-state index in [1.165, 1.54) is 295 Å². The fourth-order valence-corrected chi connectivity index (χ4v) is 10.6. The standard InChI is InChI=1S/C69H132O6/c1-4-7-10-13-16-19-22-24-26-28-30-32-33-34-35-37-38-40-42-44-47-50-53-56-59-62-68(71)74-65-66(64-73-67(70)61-58-55-52-49-46-21-18-15-12-9-6-3)75-69(72)63-60-57-54-51-48-45-43-41-39-36-31-29-27-25-23-20-17-14-11-8-5-2/h28,30,66H,4-27,29,31-65H2,1-3H3/b30-28-. The van der Waals surface area contributed by atoms with Crippen LogP contribution in [0.1, 0.15) is 393 Å². The van der Waals surface area contributed by atoms with E-state index in [1.54, 1.807) is 0 Å². The van der Waals surface area contributed by atoms with Crippen LogP contribution in [0, 0.1) is 0 Å². The number of hydrogen-bond acceptors (Lipinski definition) is 6. The zero-order valence-corrected chi connectivity index (χ0v) is 51.1. The predicted molar refractivity (Wildman–Crippen MR) is 326 cm³/mol. The van der Waals surface area contributed by atoms with Crippen LogP contribution in [0.3, 0.4) is 0 Å². The number of hydrogen-bond donors (Lipinski definition) is 0. The maximum Gasteiger partial charge on any atom is 0.306 e. The summed E-state index contributed by atoms with van der Waals surface area (Å²) in [5.74, 6) is -0.831. The third kappa shape index (κ3) is 62.9. The highest BCUT2D eigenvalue weighted by molar-refractivity contribution is 5.71. The molecule has 0 aliphatic rings. The molecule has 0 aliphatic heterocycles. The second-order valence-corrected chi connectivity index (χ2v) is 23.5. The summed E-state index contributed by atoms with van der Waals surface area (Å²) in [5, 5.41) is 0. The highest BCUT2D eigenvalue weighted by Crippen LogP contribution is 2.19. The Hall–Kier alpha value is -1.85. The monoisotopic (exact) mass is 1060 g/mol. The molecule has 0 amide bonds. The van der Waals surface area contributed by atoms with E-state index in [4.69, 9.17) is 14.2 Å². The molecule has 1 atom stereocenters. The highest BCUT2D eigenvalue weighted by atomic mass is 16.6. The Bertz CT molecular complexity index is 1170. The summed E-state index contributed by atoms with van der Waals surface area (Å²) in [6.45, 7) is 6.72. The molecule has 444 valence electrons. The highest BCUT2D eigenvalue weighted by Gasteiger charge is 2.19. The van der Waals surface area contributed by atoms with Gasteiger partial charge in [-0.15, -0.1) is 0 Å². The van der Waals surface area contributed by atoms with Gasteiger partial charge in [-0.3, -0.25) is 14.4 Å². The normalized spacial score (nSPS) is 12.0. The fourth-order valence-electron chi connectivity index (χ4n) is 10.6. The topological polar surface area (TPSA) is 78.9 Å². The lowest BCUT2D eigenvalue weighted by Gasteiger charge is -2.18. The minimum atomic E-state index is -0.765. The summed E-state index contributed by atoms with van der Waals surface area (Å²) in [5.41, 5.74) is 0.